The second kappa shape index (κ2) is 7.17. The fraction of sp³-hybridized carbons (Fsp3) is 0.333. The van der Waals surface area contributed by atoms with Crippen molar-refractivity contribution in [3.8, 4) is 0 Å². The van der Waals surface area contributed by atoms with E-state index in [1.807, 2.05) is 23.6 Å². The van der Waals surface area contributed by atoms with Gasteiger partial charge in [-0.1, -0.05) is 25.1 Å². The lowest BCUT2D eigenvalue weighted by atomic mass is 10.2. The lowest BCUT2D eigenvalue weighted by molar-refractivity contribution is 0.579. The van der Waals surface area contributed by atoms with E-state index in [1.165, 1.54) is 5.56 Å². The number of hydrogen-bond donors (Lipinski definition) is 2. The molecule has 4 nitrogen and oxygen atoms in total. The summed E-state index contributed by atoms with van der Waals surface area (Å²) >= 11 is 1.59. The van der Waals surface area contributed by atoms with Gasteiger partial charge in [0.15, 0.2) is 0 Å². The van der Waals surface area contributed by atoms with Crippen molar-refractivity contribution < 1.29 is 8.42 Å². The van der Waals surface area contributed by atoms with Crippen molar-refractivity contribution in [1.29, 1.82) is 0 Å². The molecular weight excluding hydrogens is 304 g/mol. The number of sulfonamides is 1. The Morgan fingerprint density at radius 3 is 2.57 bits per heavy atom. The van der Waals surface area contributed by atoms with Crippen molar-refractivity contribution in [2.24, 2.45) is 0 Å². The third-order valence-corrected chi connectivity index (χ3v) is 5.74. The van der Waals surface area contributed by atoms with Gasteiger partial charge in [-0.25, -0.2) is 13.1 Å². The SMILES string of the molecule is CCc1ccsc1CNS(=O)(=O)c1ccccc1CNC. The summed E-state index contributed by atoms with van der Waals surface area (Å²) in [6, 6.07) is 9.11. The van der Waals surface area contributed by atoms with Gasteiger partial charge in [-0.05, 0) is 42.1 Å². The van der Waals surface area contributed by atoms with Gasteiger partial charge in [0, 0.05) is 18.0 Å². The number of aryl methyl sites for hydroxylation is 1. The fourth-order valence-electron chi connectivity index (χ4n) is 2.18. The molecule has 114 valence electrons. The maximum Gasteiger partial charge on any atom is 0.241 e. The first-order chi connectivity index (χ1) is 10.1. The Balaban J connectivity index is 2.19. The first-order valence-corrected chi connectivity index (χ1v) is 9.22. The zero-order chi connectivity index (χ0) is 15.3. The minimum atomic E-state index is -3.50. The Labute approximate surface area is 130 Å². The Morgan fingerprint density at radius 1 is 1.10 bits per heavy atom. The molecule has 21 heavy (non-hydrogen) atoms. The van der Waals surface area contributed by atoms with Crippen molar-refractivity contribution in [2.75, 3.05) is 7.05 Å². The smallest absolute Gasteiger partial charge is 0.241 e. The van der Waals surface area contributed by atoms with Gasteiger partial charge in [-0.2, -0.15) is 0 Å². The molecule has 0 radical (unpaired) electrons. The van der Waals surface area contributed by atoms with E-state index in [4.69, 9.17) is 0 Å². The van der Waals surface area contributed by atoms with Crippen LogP contribution >= 0.6 is 11.3 Å². The van der Waals surface area contributed by atoms with Crippen LogP contribution in [-0.4, -0.2) is 15.5 Å². The number of hydrogen-bond acceptors (Lipinski definition) is 4. The number of benzene rings is 1. The Bertz CT molecular complexity index is 693. The Hall–Kier alpha value is -1.21. The van der Waals surface area contributed by atoms with Gasteiger partial charge in [-0.3, -0.25) is 0 Å². The van der Waals surface area contributed by atoms with E-state index in [9.17, 15) is 8.42 Å². The van der Waals surface area contributed by atoms with E-state index in [-0.39, 0.29) is 0 Å². The molecule has 0 aliphatic carbocycles. The molecule has 0 saturated carbocycles. The van der Waals surface area contributed by atoms with Crippen molar-refractivity contribution >= 4 is 21.4 Å². The highest BCUT2D eigenvalue weighted by Gasteiger charge is 2.18. The third-order valence-electron chi connectivity index (χ3n) is 3.27. The summed E-state index contributed by atoms with van der Waals surface area (Å²) in [6.45, 7) is 2.94. The molecular formula is C15H20N2O2S2. The van der Waals surface area contributed by atoms with Crippen LogP contribution in [0.4, 0.5) is 0 Å². The minimum absolute atomic E-state index is 0.342. The van der Waals surface area contributed by atoms with Gasteiger partial charge in [0.2, 0.25) is 10.0 Å². The molecule has 2 N–H and O–H groups in total. The van der Waals surface area contributed by atoms with E-state index < -0.39 is 10.0 Å². The predicted octanol–water partition coefficient (Wildman–Crippen LogP) is 2.51. The number of thiophene rings is 1. The van der Waals surface area contributed by atoms with Crippen LogP contribution in [-0.2, 0) is 29.5 Å². The lowest BCUT2D eigenvalue weighted by Gasteiger charge is -2.11. The molecule has 0 saturated heterocycles. The van der Waals surface area contributed by atoms with Gasteiger partial charge in [0.1, 0.15) is 0 Å². The van der Waals surface area contributed by atoms with Crippen LogP contribution in [0.2, 0.25) is 0 Å². The molecule has 1 aromatic heterocycles. The normalized spacial score (nSPS) is 11.7. The van der Waals surface area contributed by atoms with Gasteiger partial charge < -0.3 is 5.32 Å². The number of rotatable bonds is 7. The Kier molecular flexibility index (Phi) is 5.52. The highest BCUT2D eigenvalue weighted by atomic mass is 32.2. The van der Waals surface area contributed by atoms with Crippen LogP contribution in [0.25, 0.3) is 0 Å². The summed E-state index contributed by atoms with van der Waals surface area (Å²) in [5.74, 6) is 0. The third kappa shape index (κ3) is 3.91. The van der Waals surface area contributed by atoms with Crippen molar-refractivity contribution in [3.05, 3.63) is 51.7 Å². The molecule has 2 aromatic rings. The summed E-state index contributed by atoms with van der Waals surface area (Å²) in [4.78, 5) is 1.42. The molecule has 1 aromatic carbocycles. The van der Waals surface area contributed by atoms with Gasteiger partial charge >= 0.3 is 0 Å². The molecule has 0 unspecified atom stereocenters. The molecule has 0 fully saturated rings. The molecule has 0 amide bonds. The van der Waals surface area contributed by atoms with Crippen LogP contribution in [0.5, 0.6) is 0 Å². The van der Waals surface area contributed by atoms with Crippen LogP contribution in [0.3, 0.4) is 0 Å². The predicted molar refractivity (Wildman–Crippen MR) is 86.9 cm³/mol. The molecule has 0 atom stereocenters. The summed E-state index contributed by atoms with van der Waals surface area (Å²) in [5.41, 5.74) is 1.97. The number of nitrogens with one attached hydrogen (secondary N) is 2. The monoisotopic (exact) mass is 324 g/mol. The first kappa shape index (κ1) is 16.2. The largest absolute Gasteiger partial charge is 0.316 e. The molecule has 2 rings (SSSR count). The zero-order valence-electron chi connectivity index (χ0n) is 12.2. The van der Waals surface area contributed by atoms with E-state index in [0.717, 1.165) is 16.9 Å². The second-order valence-corrected chi connectivity index (χ2v) is 7.42. The van der Waals surface area contributed by atoms with E-state index in [0.29, 0.717) is 18.0 Å². The highest BCUT2D eigenvalue weighted by molar-refractivity contribution is 7.89. The van der Waals surface area contributed by atoms with Crippen LogP contribution < -0.4 is 10.0 Å². The van der Waals surface area contributed by atoms with Crippen LogP contribution in [0.15, 0.2) is 40.6 Å². The Morgan fingerprint density at radius 2 is 1.86 bits per heavy atom. The average molecular weight is 324 g/mol. The molecule has 0 spiro atoms. The van der Waals surface area contributed by atoms with Crippen LogP contribution in [0, 0.1) is 0 Å². The van der Waals surface area contributed by atoms with E-state index >= 15 is 0 Å². The fourth-order valence-corrected chi connectivity index (χ4v) is 4.42. The second-order valence-electron chi connectivity index (χ2n) is 4.69. The van der Waals surface area contributed by atoms with Gasteiger partial charge in [0.05, 0.1) is 4.90 Å². The minimum Gasteiger partial charge on any atom is -0.316 e. The summed E-state index contributed by atoms with van der Waals surface area (Å²) in [6.07, 6.45) is 0.914. The summed E-state index contributed by atoms with van der Waals surface area (Å²) in [5, 5.41) is 4.99. The topological polar surface area (TPSA) is 58.2 Å². The first-order valence-electron chi connectivity index (χ1n) is 6.86. The van der Waals surface area contributed by atoms with Crippen LogP contribution in [0.1, 0.15) is 22.9 Å². The van der Waals surface area contributed by atoms with Gasteiger partial charge in [-0.15, -0.1) is 11.3 Å². The summed E-state index contributed by atoms with van der Waals surface area (Å²) in [7, 11) is -1.70. The molecule has 0 aliphatic rings. The van der Waals surface area contributed by atoms with Crippen molar-refractivity contribution in [2.45, 2.75) is 31.3 Å². The molecule has 6 heteroatoms. The van der Waals surface area contributed by atoms with Crippen molar-refractivity contribution in [3.63, 3.8) is 0 Å². The van der Waals surface area contributed by atoms with Gasteiger partial charge in [0.25, 0.3) is 0 Å². The maximum atomic E-state index is 12.5. The average Bonchev–Trinajstić information content (AvgIpc) is 2.93. The highest BCUT2D eigenvalue weighted by Crippen LogP contribution is 2.19. The van der Waals surface area contributed by atoms with E-state index in [2.05, 4.69) is 17.0 Å². The van der Waals surface area contributed by atoms with E-state index in [1.54, 1.807) is 30.5 Å². The molecule has 0 aliphatic heterocycles. The lowest BCUT2D eigenvalue weighted by Crippen LogP contribution is -2.25. The maximum absolute atomic E-state index is 12.5. The van der Waals surface area contributed by atoms with Crippen molar-refractivity contribution in [1.82, 2.24) is 10.0 Å². The standard InChI is InChI=1S/C15H20N2O2S2/c1-3-12-8-9-20-14(12)11-17-21(18,19)15-7-5-4-6-13(15)10-16-2/h4-9,16-17H,3,10-11H2,1-2H3. The summed E-state index contributed by atoms with van der Waals surface area (Å²) < 4.78 is 27.7. The quantitative estimate of drug-likeness (QED) is 0.823. The molecule has 1 heterocycles. The zero-order valence-corrected chi connectivity index (χ0v) is 13.9. The molecule has 0 bridgehead atoms.